The van der Waals surface area contributed by atoms with Gasteiger partial charge in [0, 0.05) is 0 Å². The zero-order chi connectivity index (χ0) is 12.7. The Bertz CT molecular complexity index is 412. The molecule has 5 heteroatoms. The molecule has 0 saturated carbocycles. The van der Waals surface area contributed by atoms with Crippen LogP contribution in [-0.4, -0.2) is 17.6 Å². The number of ether oxygens (including phenoxy) is 1. The number of hydrogen-bond acceptors (Lipinski definition) is 3. The van der Waals surface area contributed by atoms with Crippen molar-refractivity contribution in [3.63, 3.8) is 0 Å². The molecule has 0 aliphatic rings. The minimum atomic E-state index is -0.505. The van der Waals surface area contributed by atoms with Crippen LogP contribution in [0.2, 0.25) is 0 Å². The van der Waals surface area contributed by atoms with E-state index in [1.165, 1.54) is 0 Å². The van der Waals surface area contributed by atoms with Gasteiger partial charge in [-0.25, -0.2) is 4.79 Å². The van der Waals surface area contributed by atoms with Crippen LogP contribution in [0.5, 0.6) is 0 Å². The predicted octanol–water partition coefficient (Wildman–Crippen LogP) is 2.65. The summed E-state index contributed by atoms with van der Waals surface area (Å²) in [6.07, 6.45) is 0. The highest BCUT2D eigenvalue weighted by atomic mass is 79.9. The number of aromatic nitrogens is 1. The SMILES string of the molecule is CC.CCOC(=O)c1[nH]c(=O)c(Br)cc1C. The molecule has 0 amide bonds. The van der Waals surface area contributed by atoms with Gasteiger partial charge in [-0.15, -0.1) is 0 Å². The highest BCUT2D eigenvalue weighted by Crippen LogP contribution is 2.09. The van der Waals surface area contributed by atoms with E-state index in [2.05, 4.69) is 20.9 Å². The summed E-state index contributed by atoms with van der Waals surface area (Å²) in [6.45, 7) is 7.73. The molecule has 0 aliphatic carbocycles. The predicted molar refractivity (Wildman–Crippen MR) is 66.8 cm³/mol. The fraction of sp³-hybridized carbons (Fsp3) is 0.455. The highest BCUT2D eigenvalue weighted by molar-refractivity contribution is 9.10. The molecule has 1 rings (SSSR count). The quantitative estimate of drug-likeness (QED) is 0.852. The Hall–Kier alpha value is -1.10. The smallest absolute Gasteiger partial charge is 0.355 e. The summed E-state index contributed by atoms with van der Waals surface area (Å²) in [4.78, 5) is 25.0. The van der Waals surface area contributed by atoms with Gasteiger partial charge in [0.15, 0.2) is 0 Å². The first-order chi connectivity index (χ1) is 7.56. The second-order valence-electron chi connectivity index (χ2n) is 2.72. The summed E-state index contributed by atoms with van der Waals surface area (Å²) in [5.74, 6) is -0.505. The summed E-state index contributed by atoms with van der Waals surface area (Å²) in [6, 6.07) is 1.59. The molecule has 1 aromatic rings. The normalized spacial score (nSPS) is 9.06. The molecule has 90 valence electrons. The van der Waals surface area contributed by atoms with Crippen LogP contribution in [0.25, 0.3) is 0 Å². The van der Waals surface area contributed by atoms with Crippen molar-refractivity contribution in [2.75, 3.05) is 6.61 Å². The number of halogens is 1. The molecule has 1 aromatic heterocycles. The molecular formula is C11H16BrNO3. The fourth-order valence-corrected chi connectivity index (χ4v) is 1.46. The average Bonchev–Trinajstić information content (AvgIpc) is 2.26. The molecule has 0 aliphatic heterocycles. The monoisotopic (exact) mass is 289 g/mol. The van der Waals surface area contributed by atoms with E-state index in [0.29, 0.717) is 10.0 Å². The maximum atomic E-state index is 11.3. The molecule has 0 atom stereocenters. The molecule has 1 N–H and O–H groups in total. The van der Waals surface area contributed by atoms with Crippen LogP contribution in [0, 0.1) is 6.92 Å². The third-order valence-electron chi connectivity index (χ3n) is 1.67. The summed E-state index contributed by atoms with van der Waals surface area (Å²) in [5.41, 5.74) is 0.550. The van der Waals surface area contributed by atoms with Crippen molar-refractivity contribution in [3.05, 3.63) is 32.2 Å². The Labute approximate surface area is 103 Å². The number of rotatable bonds is 2. The van der Waals surface area contributed by atoms with E-state index in [9.17, 15) is 9.59 Å². The van der Waals surface area contributed by atoms with Crippen molar-refractivity contribution in [2.24, 2.45) is 0 Å². The molecule has 0 fully saturated rings. The third-order valence-corrected chi connectivity index (χ3v) is 2.26. The van der Waals surface area contributed by atoms with Gasteiger partial charge in [0.1, 0.15) is 5.69 Å². The van der Waals surface area contributed by atoms with Crippen LogP contribution in [0.1, 0.15) is 36.8 Å². The van der Waals surface area contributed by atoms with Gasteiger partial charge < -0.3 is 9.72 Å². The number of aromatic amines is 1. The molecule has 0 radical (unpaired) electrons. The van der Waals surface area contributed by atoms with E-state index in [0.717, 1.165) is 0 Å². The second kappa shape index (κ2) is 7.22. The molecule has 0 spiro atoms. The summed E-state index contributed by atoms with van der Waals surface area (Å²) in [7, 11) is 0. The lowest BCUT2D eigenvalue weighted by molar-refractivity contribution is 0.0518. The molecule has 0 bridgehead atoms. The van der Waals surface area contributed by atoms with Crippen molar-refractivity contribution in [3.8, 4) is 0 Å². The second-order valence-corrected chi connectivity index (χ2v) is 3.58. The average molecular weight is 290 g/mol. The molecule has 0 aromatic carbocycles. The van der Waals surface area contributed by atoms with Gasteiger partial charge >= 0.3 is 5.97 Å². The maximum absolute atomic E-state index is 11.3. The standard InChI is InChI=1S/C9H10BrNO3.C2H6/c1-3-14-9(13)7-5(2)4-6(10)8(12)11-7;1-2/h4H,3H2,1-2H3,(H,11,12);1-2H3. The van der Waals surface area contributed by atoms with Crippen molar-refractivity contribution >= 4 is 21.9 Å². The van der Waals surface area contributed by atoms with Crippen molar-refractivity contribution in [1.82, 2.24) is 4.98 Å². The summed E-state index contributed by atoms with van der Waals surface area (Å²) in [5, 5.41) is 0. The Morgan fingerprint density at radius 2 is 2.06 bits per heavy atom. The number of hydrogen-bond donors (Lipinski definition) is 1. The Kier molecular flexibility index (Phi) is 6.72. The highest BCUT2D eigenvalue weighted by Gasteiger charge is 2.12. The lowest BCUT2D eigenvalue weighted by atomic mass is 10.2. The van der Waals surface area contributed by atoms with Crippen molar-refractivity contribution < 1.29 is 9.53 Å². The van der Waals surface area contributed by atoms with Crippen molar-refractivity contribution in [1.29, 1.82) is 0 Å². The van der Waals surface area contributed by atoms with Gasteiger partial charge in [-0.2, -0.15) is 0 Å². The van der Waals surface area contributed by atoms with Crippen LogP contribution in [-0.2, 0) is 4.74 Å². The minimum Gasteiger partial charge on any atom is -0.461 e. The van der Waals surface area contributed by atoms with E-state index in [1.807, 2.05) is 13.8 Å². The van der Waals surface area contributed by atoms with Gasteiger partial charge in [-0.1, -0.05) is 13.8 Å². The molecule has 16 heavy (non-hydrogen) atoms. The number of pyridine rings is 1. The van der Waals surface area contributed by atoms with E-state index >= 15 is 0 Å². The summed E-state index contributed by atoms with van der Waals surface area (Å²) < 4.78 is 5.18. The Morgan fingerprint density at radius 3 is 2.56 bits per heavy atom. The van der Waals surface area contributed by atoms with Gasteiger partial charge in [0.2, 0.25) is 0 Å². The first-order valence-corrected chi connectivity index (χ1v) is 5.92. The number of nitrogens with one attached hydrogen (secondary N) is 1. The molecule has 0 saturated heterocycles. The van der Waals surface area contributed by atoms with E-state index in [4.69, 9.17) is 4.74 Å². The zero-order valence-corrected chi connectivity index (χ0v) is 11.5. The van der Waals surface area contributed by atoms with E-state index in [1.54, 1.807) is 19.9 Å². The summed E-state index contributed by atoms with van der Waals surface area (Å²) >= 11 is 3.07. The first-order valence-electron chi connectivity index (χ1n) is 5.12. The number of carbonyl (C=O) groups excluding carboxylic acids is 1. The molecule has 0 unspecified atom stereocenters. The largest absolute Gasteiger partial charge is 0.461 e. The van der Waals surface area contributed by atoms with Gasteiger partial charge in [-0.3, -0.25) is 4.79 Å². The Morgan fingerprint density at radius 1 is 1.50 bits per heavy atom. The number of esters is 1. The van der Waals surface area contributed by atoms with Crippen LogP contribution in [0.15, 0.2) is 15.3 Å². The number of carbonyl (C=O) groups is 1. The number of aryl methyl sites for hydroxylation is 1. The maximum Gasteiger partial charge on any atom is 0.355 e. The molecular weight excluding hydrogens is 274 g/mol. The third kappa shape index (κ3) is 3.81. The topological polar surface area (TPSA) is 59.2 Å². The van der Waals surface area contributed by atoms with Gasteiger partial charge in [-0.05, 0) is 41.4 Å². The number of H-pyrrole nitrogens is 1. The van der Waals surface area contributed by atoms with Crippen LogP contribution in [0.4, 0.5) is 0 Å². The lowest BCUT2D eigenvalue weighted by Gasteiger charge is -2.04. The van der Waals surface area contributed by atoms with E-state index < -0.39 is 5.97 Å². The van der Waals surface area contributed by atoms with Gasteiger partial charge in [0.25, 0.3) is 5.56 Å². The Balaban J connectivity index is 0.00000106. The molecule has 1 heterocycles. The van der Waals surface area contributed by atoms with Crippen LogP contribution >= 0.6 is 15.9 Å². The van der Waals surface area contributed by atoms with Crippen molar-refractivity contribution in [2.45, 2.75) is 27.7 Å². The fourth-order valence-electron chi connectivity index (χ4n) is 1.01. The van der Waals surface area contributed by atoms with Gasteiger partial charge in [0.05, 0.1) is 11.1 Å². The molecule has 4 nitrogen and oxygen atoms in total. The van der Waals surface area contributed by atoms with E-state index in [-0.39, 0.29) is 17.9 Å². The minimum absolute atomic E-state index is 0.208. The van der Waals surface area contributed by atoms with Crippen LogP contribution in [0.3, 0.4) is 0 Å². The zero-order valence-electron chi connectivity index (χ0n) is 9.89. The van der Waals surface area contributed by atoms with Crippen LogP contribution < -0.4 is 5.56 Å². The lowest BCUT2D eigenvalue weighted by Crippen LogP contribution is -2.17. The first kappa shape index (κ1) is 14.9.